The van der Waals surface area contributed by atoms with E-state index < -0.39 is 0 Å². The number of nitrogens with zero attached hydrogens (tertiary/aromatic N) is 2. The van der Waals surface area contributed by atoms with Gasteiger partial charge in [0.15, 0.2) is 6.71 Å². The van der Waals surface area contributed by atoms with Crippen molar-refractivity contribution in [2.45, 2.75) is 53.7 Å². The second-order valence-corrected chi connectivity index (χ2v) is 9.38. The summed E-state index contributed by atoms with van der Waals surface area (Å²) >= 11 is 0. The maximum atomic E-state index is 8.79. The lowest BCUT2D eigenvalue weighted by atomic mass is 9.42. The predicted octanol–water partition coefficient (Wildman–Crippen LogP) is 4.43. The quantitative estimate of drug-likeness (QED) is 0.589. The van der Waals surface area contributed by atoms with Crippen LogP contribution in [0.1, 0.15) is 52.2 Å². The molecule has 1 fully saturated rings. The van der Waals surface area contributed by atoms with Gasteiger partial charge < -0.3 is 5.32 Å². The molecule has 144 valence electrons. The normalized spacial score (nSPS) is 17.9. The number of anilines is 1. The van der Waals surface area contributed by atoms with Crippen molar-refractivity contribution in [2.24, 2.45) is 17.9 Å². The van der Waals surface area contributed by atoms with E-state index in [1.165, 1.54) is 18.1 Å². The van der Waals surface area contributed by atoms with E-state index in [1.807, 2.05) is 13.2 Å². The zero-order valence-electron chi connectivity index (χ0n) is 17.7. The lowest BCUT2D eigenvalue weighted by molar-refractivity contribution is 0.177. The molecule has 1 aromatic carbocycles. The molecular weight excluding hydrogens is 331 g/mol. The molecule has 5 heteroatoms. The summed E-state index contributed by atoms with van der Waals surface area (Å²) in [6, 6.07) is 6.68. The Balaban J connectivity index is 1.97. The van der Waals surface area contributed by atoms with Gasteiger partial charge in [-0.25, -0.2) is 0 Å². The zero-order valence-corrected chi connectivity index (χ0v) is 17.7. The monoisotopic (exact) mass is 364 g/mol. The van der Waals surface area contributed by atoms with E-state index in [9.17, 15) is 0 Å². The van der Waals surface area contributed by atoms with Gasteiger partial charge in [0, 0.05) is 36.6 Å². The fraction of sp³-hybridized carbons (Fsp3) is 0.545. The average Bonchev–Trinajstić information content (AvgIpc) is 3.13. The number of hydrogen-bond acceptors (Lipinski definition) is 3. The zero-order chi connectivity index (χ0) is 19.8. The van der Waals surface area contributed by atoms with Crippen molar-refractivity contribution in [3.05, 3.63) is 41.7 Å². The molecule has 0 aliphatic carbocycles. The Morgan fingerprint density at radius 1 is 1.22 bits per heavy atom. The molecule has 0 spiro atoms. The molecule has 1 aromatic heterocycles. The first-order chi connectivity index (χ1) is 12.6. The van der Waals surface area contributed by atoms with Crippen LogP contribution in [0.5, 0.6) is 0 Å². The van der Waals surface area contributed by atoms with Gasteiger partial charge in [-0.2, -0.15) is 5.10 Å². The van der Waals surface area contributed by atoms with Crippen LogP contribution in [0.4, 0.5) is 5.69 Å². The molecule has 2 N–H and O–H groups in total. The fourth-order valence-electron chi connectivity index (χ4n) is 4.23. The van der Waals surface area contributed by atoms with Crippen molar-refractivity contribution in [1.82, 2.24) is 9.78 Å². The topological polar surface area (TPSA) is 53.7 Å². The van der Waals surface area contributed by atoms with Crippen LogP contribution in [0, 0.1) is 16.2 Å². The SMILES string of the molecule is CCCNc1ccc(B2CC(C)(C)C(C)(C)C2)cc1C(=N)c1cnn(C)c1. The van der Waals surface area contributed by atoms with Gasteiger partial charge in [-0.15, -0.1) is 0 Å². The lowest BCUT2D eigenvalue weighted by Gasteiger charge is -2.35. The van der Waals surface area contributed by atoms with Gasteiger partial charge in [0.25, 0.3) is 0 Å². The molecule has 0 amide bonds. The minimum Gasteiger partial charge on any atom is -0.385 e. The Kier molecular flexibility index (Phi) is 5.24. The van der Waals surface area contributed by atoms with Crippen LogP contribution in [-0.4, -0.2) is 28.7 Å². The van der Waals surface area contributed by atoms with Crippen LogP contribution in [-0.2, 0) is 7.05 Å². The van der Waals surface area contributed by atoms with Crippen molar-refractivity contribution in [3.63, 3.8) is 0 Å². The van der Waals surface area contributed by atoms with Gasteiger partial charge in [0.05, 0.1) is 11.9 Å². The molecule has 0 radical (unpaired) electrons. The third-order valence-corrected chi connectivity index (χ3v) is 6.69. The molecule has 4 nitrogen and oxygen atoms in total. The van der Waals surface area contributed by atoms with E-state index in [-0.39, 0.29) is 0 Å². The second kappa shape index (κ2) is 7.18. The largest absolute Gasteiger partial charge is 0.385 e. The number of aromatic nitrogens is 2. The molecular formula is C22H33BN4. The van der Waals surface area contributed by atoms with Crippen LogP contribution < -0.4 is 10.8 Å². The Labute approximate surface area is 164 Å². The van der Waals surface area contributed by atoms with Gasteiger partial charge in [-0.05, 0) is 23.3 Å². The highest BCUT2D eigenvalue weighted by atomic mass is 15.2. The van der Waals surface area contributed by atoms with Crippen LogP contribution in [0.25, 0.3) is 0 Å². The molecule has 2 heterocycles. The lowest BCUT2D eigenvalue weighted by Crippen LogP contribution is -2.29. The van der Waals surface area contributed by atoms with Gasteiger partial charge in [0.1, 0.15) is 0 Å². The maximum Gasteiger partial charge on any atom is 0.177 e. The van der Waals surface area contributed by atoms with Crippen LogP contribution in [0.3, 0.4) is 0 Å². The highest BCUT2D eigenvalue weighted by molar-refractivity contribution is 6.74. The Bertz CT molecular complexity index is 819. The van der Waals surface area contributed by atoms with E-state index in [1.54, 1.807) is 10.9 Å². The molecule has 0 bridgehead atoms. The van der Waals surface area contributed by atoms with Crippen molar-refractivity contribution >= 4 is 23.6 Å². The van der Waals surface area contributed by atoms with E-state index >= 15 is 0 Å². The van der Waals surface area contributed by atoms with Crippen molar-refractivity contribution in [3.8, 4) is 0 Å². The molecule has 1 saturated heterocycles. The number of nitrogens with one attached hydrogen (secondary N) is 2. The number of benzene rings is 1. The summed E-state index contributed by atoms with van der Waals surface area (Å²) in [4.78, 5) is 0. The number of hydrogen-bond donors (Lipinski definition) is 2. The first-order valence-corrected chi connectivity index (χ1v) is 10.1. The number of rotatable bonds is 6. The first kappa shape index (κ1) is 19.7. The molecule has 27 heavy (non-hydrogen) atoms. The van der Waals surface area contributed by atoms with Crippen LogP contribution in [0.2, 0.25) is 12.6 Å². The summed E-state index contributed by atoms with van der Waals surface area (Å²) < 4.78 is 1.76. The summed E-state index contributed by atoms with van der Waals surface area (Å²) in [6.07, 6.45) is 7.15. The summed E-state index contributed by atoms with van der Waals surface area (Å²) in [7, 11) is 1.89. The molecule has 2 aromatic rings. The highest BCUT2D eigenvalue weighted by Crippen LogP contribution is 2.52. The standard InChI is InChI=1S/C22H33BN4/c1-7-10-25-19-9-8-17(23-14-21(2,3)22(4,5)15-23)11-18(19)20(24)16-12-26-27(6)13-16/h8-9,11-13,24-25H,7,10,14-15H2,1-6H3. The highest BCUT2D eigenvalue weighted by Gasteiger charge is 2.48. The van der Waals surface area contributed by atoms with Crippen molar-refractivity contribution < 1.29 is 0 Å². The summed E-state index contributed by atoms with van der Waals surface area (Å²) in [5, 5.41) is 16.5. The van der Waals surface area contributed by atoms with E-state index in [0.717, 1.165) is 29.8 Å². The van der Waals surface area contributed by atoms with Gasteiger partial charge in [-0.1, -0.05) is 64.9 Å². The Morgan fingerprint density at radius 2 is 1.89 bits per heavy atom. The number of aryl methyl sites for hydroxylation is 1. The molecule has 0 saturated carbocycles. The summed E-state index contributed by atoms with van der Waals surface area (Å²) in [6.45, 7) is 13.2. The van der Waals surface area contributed by atoms with Crippen LogP contribution >= 0.6 is 0 Å². The minimum absolute atomic E-state index is 0.327. The molecule has 0 atom stereocenters. The summed E-state index contributed by atoms with van der Waals surface area (Å²) in [5.74, 6) is 0. The third kappa shape index (κ3) is 3.83. The first-order valence-electron chi connectivity index (χ1n) is 10.1. The smallest absolute Gasteiger partial charge is 0.177 e. The van der Waals surface area contributed by atoms with Gasteiger partial charge in [-0.3, -0.25) is 10.1 Å². The van der Waals surface area contributed by atoms with Crippen molar-refractivity contribution in [2.75, 3.05) is 11.9 Å². The van der Waals surface area contributed by atoms with E-state index in [4.69, 9.17) is 5.41 Å². The Hall–Kier alpha value is -2.04. The summed E-state index contributed by atoms with van der Waals surface area (Å²) in [5.41, 5.74) is 5.45. The maximum absolute atomic E-state index is 8.79. The molecule has 1 aliphatic heterocycles. The minimum atomic E-state index is 0.327. The molecule has 3 rings (SSSR count). The Morgan fingerprint density at radius 3 is 2.44 bits per heavy atom. The van der Waals surface area contributed by atoms with E-state index in [0.29, 0.717) is 23.3 Å². The van der Waals surface area contributed by atoms with E-state index in [2.05, 4.69) is 63.2 Å². The molecule has 1 aliphatic rings. The van der Waals surface area contributed by atoms with Gasteiger partial charge >= 0.3 is 0 Å². The van der Waals surface area contributed by atoms with Crippen LogP contribution in [0.15, 0.2) is 30.6 Å². The average molecular weight is 364 g/mol. The fourth-order valence-corrected chi connectivity index (χ4v) is 4.23. The molecule has 0 unspecified atom stereocenters. The van der Waals surface area contributed by atoms with Crippen molar-refractivity contribution in [1.29, 1.82) is 5.41 Å². The van der Waals surface area contributed by atoms with Gasteiger partial charge in [0.2, 0.25) is 0 Å². The predicted molar refractivity (Wildman–Crippen MR) is 117 cm³/mol. The second-order valence-electron chi connectivity index (χ2n) is 9.38. The third-order valence-electron chi connectivity index (χ3n) is 6.69.